The van der Waals surface area contributed by atoms with E-state index in [0.717, 1.165) is 0 Å². The van der Waals surface area contributed by atoms with E-state index in [2.05, 4.69) is 9.98 Å². The van der Waals surface area contributed by atoms with Gasteiger partial charge in [-0.05, 0) is 10.9 Å². The third kappa shape index (κ3) is 3.55. The van der Waals surface area contributed by atoms with Crippen LogP contribution in [0.15, 0.2) is 0 Å². The fraction of sp³-hybridized carbons (Fsp3) is 0.750. The molecular weight excluding hydrogens is 115 g/mol. The number of carbonyl (C=O) groups excluding carboxylic acids is 1. The molecule has 0 saturated heterocycles. The summed E-state index contributed by atoms with van der Waals surface area (Å²) in [5.74, 6) is -0.685. The largest absolute Gasteiger partial charge is 0.345 e. The molecule has 0 N–H and O–H groups in total. The Morgan fingerprint density at radius 2 is 2.38 bits per heavy atom. The Morgan fingerprint density at radius 3 is 2.75 bits per heavy atom. The summed E-state index contributed by atoms with van der Waals surface area (Å²) in [6.07, 6.45) is 0.812. The Labute approximate surface area is 46.2 Å². The van der Waals surface area contributed by atoms with Crippen molar-refractivity contribution in [2.24, 2.45) is 0 Å². The second-order valence-electron chi connectivity index (χ2n) is 1.27. The third-order valence-corrected chi connectivity index (χ3v) is 0.579. The fourth-order valence-electron chi connectivity index (χ4n) is 0.281. The Morgan fingerprint density at radius 1 is 1.75 bits per heavy atom. The first kappa shape index (κ1) is 7.36. The van der Waals surface area contributed by atoms with E-state index >= 15 is 0 Å². The van der Waals surface area contributed by atoms with Crippen molar-refractivity contribution in [1.82, 2.24) is 0 Å². The van der Waals surface area contributed by atoms with Crippen LogP contribution in [0.4, 0.5) is 4.53 Å². The molecule has 0 bridgehead atoms. The van der Waals surface area contributed by atoms with Crippen molar-refractivity contribution in [3.05, 3.63) is 0 Å². The van der Waals surface area contributed by atoms with Crippen LogP contribution in [-0.2, 0) is 14.8 Å². The van der Waals surface area contributed by atoms with Gasteiger partial charge in [-0.15, -0.1) is 0 Å². The smallest absolute Gasteiger partial charge is 0.265 e. The predicted molar refractivity (Wildman–Crippen MR) is 23.2 cm³/mol. The quantitative estimate of drug-likeness (QED) is 0.416. The number of hydrogen-bond donors (Lipinski definition) is 0. The monoisotopic (exact) mass is 122 g/mol. The standard InChI is InChI=1S/C4H7FO3/c1-2-3-4(6)7-8-5/h2-3H2,1H3. The van der Waals surface area contributed by atoms with E-state index < -0.39 is 5.97 Å². The maximum absolute atomic E-state index is 10.6. The zero-order valence-electron chi connectivity index (χ0n) is 4.52. The van der Waals surface area contributed by atoms with Gasteiger partial charge >= 0.3 is 5.97 Å². The normalized spacial score (nSPS) is 8.75. The van der Waals surface area contributed by atoms with Gasteiger partial charge in [-0.2, -0.15) is 0 Å². The highest BCUT2D eigenvalue weighted by Gasteiger charge is 1.99. The molecule has 48 valence electrons. The molecule has 3 nitrogen and oxygen atoms in total. The van der Waals surface area contributed by atoms with Crippen LogP contribution in [0.25, 0.3) is 0 Å². The van der Waals surface area contributed by atoms with Crippen molar-refractivity contribution in [2.75, 3.05) is 0 Å². The number of carbonyl (C=O) groups is 1. The molecule has 0 amide bonds. The SMILES string of the molecule is CCCC(=O)OOF. The van der Waals surface area contributed by atoms with Gasteiger partial charge in [-0.3, -0.25) is 4.89 Å². The summed E-state index contributed by atoms with van der Waals surface area (Å²) in [4.78, 5) is 13.5. The lowest BCUT2D eigenvalue weighted by molar-refractivity contribution is -0.399. The summed E-state index contributed by atoms with van der Waals surface area (Å²) in [5.41, 5.74) is 0. The molecule has 0 aliphatic carbocycles. The van der Waals surface area contributed by atoms with Crippen molar-refractivity contribution in [1.29, 1.82) is 0 Å². The third-order valence-electron chi connectivity index (χ3n) is 0.579. The molecular formula is C4H7FO3. The maximum atomic E-state index is 10.6. The molecule has 0 aliphatic rings. The molecule has 0 aliphatic heterocycles. The van der Waals surface area contributed by atoms with E-state index in [1.807, 2.05) is 0 Å². The molecule has 0 spiro atoms. The molecule has 0 heterocycles. The molecule has 0 radical (unpaired) electrons. The molecule has 0 aromatic rings. The minimum atomic E-state index is -0.685. The van der Waals surface area contributed by atoms with Gasteiger partial charge in [0.1, 0.15) is 0 Å². The molecule has 0 rings (SSSR count). The summed E-state index contributed by atoms with van der Waals surface area (Å²) in [6.45, 7) is 1.78. The number of hydrogen-bond acceptors (Lipinski definition) is 3. The van der Waals surface area contributed by atoms with Crippen LogP contribution in [0.2, 0.25) is 0 Å². The van der Waals surface area contributed by atoms with E-state index in [9.17, 15) is 9.32 Å². The Kier molecular flexibility index (Phi) is 4.16. The van der Waals surface area contributed by atoms with Crippen LogP contribution in [0.3, 0.4) is 0 Å². The van der Waals surface area contributed by atoms with Crippen molar-refractivity contribution >= 4 is 5.97 Å². The van der Waals surface area contributed by atoms with Crippen molar-refractivity contribution in [3.8, 4) is 0 Å². The fourth-order valence-corrected chi connectivity index (χ4v) is 0.281. The van der Waals surface area contributed by atoms with Crippen LogP contribution in [0.5, 0.6) is 0 Å². The number of rotatable bonds is 3. The summed E-state index contributed by atoms with van der Waals surface area (Å²) in [7, 11) is 0. The molecule has 0 saturated carbocycles. The first-order valence-electron chi connectivity index (χ1n) is 2.29. The van der Waals surface area contributed by atoms with E-state index in [0.29, 0.717) is 6.42 Å². The molecule has 8 heavy (non-hydrogen) atoms. The maximum Gasteiger partial charge on any atom is 0.345 e. The molecule has 0 fully saturated rings. The molecule has 4 heteroatoms. The summed E-state index contributed by atoms with van der Waals surface area (Å²) < 4.78 is 10.6. The molecule has 0 atom stereocenters. The summed E-state index contributed by atoms with van der Waals surface area (Å²) in [5, 5.41) is 2.61. The minimum absolute atomic E-state index is 0.184. The van der Waals surface area contributed by atoms with Gasteiger partial charge in [-0.25, -0.2) is 4.79 Å². The molecule has 0 aromatic heterocycles. The Hall–Kier alpha value is -0.640. The second kappa shape index (κ2) is 4.52. The topological polar surface area (TPSA) is 35.5 Å². The van der Waals surface area contributed by atoms with Gasteiger partial charge in [0, 0.05) is 11.5 Å². The second-order valence-corrected chi connectivity index (χ2v) is 1.27. The highest BCUT2D eigenvalue weighted by Crippen LogP contribution is 1.90. The van der Waals surface area contributed by atoms with Gasteiger partial charge in [0.15, 0.2) is 0 Å². The summed E-state index contributed by atoms with van der Waals surface area (Å²) >= 11 is 0. The zero-order valence-corrected chi connectivity index (χ0v) is 4.52. The lowest BCUT2D eigenvalue weighted by Crippen LogP contribution is -1.99. The van der Waals surface area contributed by atoms with Gasteiger partial charge in [0.2, 0.25) is 0 Å². The zero-order chi connectivity index (χ0) is 6.41. The van der Waals surface area contributed by atoms with Gasteiger partial charge < -0.3 is 0 Å². The van der Waals surface area contributed by atoms with Gasteiger partial charge in [0.25, 0.3) is 0 Å². The van der Waals surface area contributed by atoms with Crippen LogP contribution in [-0.4, -0.2) is 5.97 Å². The highest BCUT2D eigenvalue weighted by molar-refractivity contribution is 5.68. The van der Waals surface area contributed by atoms with Crippen LogP contribution < -0.4 is 0 Å². The highest BCUT2D eigenvalue weighted by atomic mass is 19.3. The van der Waals surface area contributed by atoms with Crippen LogP contribution in [0, 0.1) is 0 Å². The Balaban J connectivity index is 3.06. The number of halogens is 1. The van der Waals surface area contributed by atoms with Crippen molar-refractivity contribution in [3.63, 3.8) is 0 Å². The molecule has 0 unspecified atom stereocenters. The lowest BCUT2D eigenvalue weighted by atomic mass is 10.3. The predicted octanol–water partition coefficient (Wildman–Crippen LogP) is 1.15. The first-order valence-corrected chi connectivity index (χ1v) is 2.29. The van der Waals surface area contributed by atoms with Gasteiger partial charge in [-0.1, -0.05) is 6.92 Å². The van der Waals surface area contributed by atoms with E-state index in [4.69, 9.17) is 0 Å². The summed E-state index contributed by atoms with van der Waals surface area (Å²) in [6, 6.07) is 0. The molecule has 0 aromatic carbocycles. The first-order chi connectivity index (χ1) is 3.81. The van der Waals surface area contributed by atoms with Crippen molar-refractivity contribution in [2.45, 2.75) is 19.8 Å². The van der Waals surface area contributed by atoms with Gasteiger partial charge in [0.05, 0.1) is 0 Å². The van der Waals surface area contributed by atoms with Crippen molar-refractivity contribution < 1.29 is 19.3 Å². The van der Waals surface area contributed by atoms with Crippen LogP contribution >= 0.6 is 0 Å². The van der Waals surface area contributed by atoms with Crippen LogP contribution in [0.1, 0.15) is 19.8 Å². The average Bonchev–Trinajstić information content (AvgIpc) is 1.68. The van der Waals surface area contributed by atoms with E-state index in [1.165, 1.54) is 0 Å². The Bertz CT molecular complexity index is 65.7. The van der Waals surface area contributed by atoms with E-state index in [-0.39, 0.29) is 6.42 Å². The van der Waals surface area contributed by atoms with E-state index in [1.54, 1.807) is 6.92 Å². The minimum Gasteiger partial charge on any atom is -0.265 e. The lowest BCUT2D eigenvalue weighted by Gasteiger charge is -1.90. The average molecular weight is 122 g/mol.